The van der Waals surface area contributed by atoms with Gasteiger partial charge in [-0.05, 0) is 67.0 Å². The summed E-state index contributed by atoms with van der Waals surface area (Å²) < 4.78 is 68.8. The second-order valence-corrected chi connectivity index (χ2v) is 22.3. The molecule has 0 bridgehead atoms. The van der Waals surface area contributed by atoms with Crippen LogP contribution >= 0.6 is 22.3 Å². The standard InChI is InChI=1S/C29H51O11P3/c1-13-41(32,33)28(9,10)19-27(7,8)25(31)37-21-39-43(35,38-20-36-24(30)26(4,5)6)29(11,12)40-42(34,22(2)3)23-17-15-14-16-18-23/h14-18,22H,13,19-21H2,1-12H3,(H,32,33). The lowest BCUT2D eigenvalue weighted by molar-refractivity contribution is -0.163. The summed E-state index contributed by atoms with van der Waals surface area (Å²) in [5, 5.41) is -2.55. The van der Waals surface area contributed by atoms with E-state index in [2.05, 4.69) is 0 Å². The monoisotopic (exact) mass is 668 g/mol. The highest BCUT2D eigenvalue weighted by Crippen LogP contribution is 2.67. The van der Waals surface area contributed by atoms with E-state index in [0.29, 0.717) is 5.30 Å². The molecule has 0 saturated heterocycles. The fourth-order valence-corrected chi connectivity index (χ4v) is 9.74. The van der Waals surface area contributed by atoms with Gasteiger partial charge in [0, 0.05) is 22.3 Å². The zero-order valence-electron chi connectivity index (χ0n) is 27.7. The van der Waals surface area contributed by atoms with Crippen molar-refractivity contribution in [1.82, 2.24) is 0 Å². The van der Waals surface area contributed by atoms with Crippen LogP contribution in [0.2, 0.25) is 0 Å². The Hall–Kier alpha value is -1.31. The molecule has 0 amide bonds. The first-order valence-electron chi connectivity index (χ1n) is 14.2. The van der Waals surface area contributed by atoms with Gasteiger partial charge >= 0.3 is 19.5 Å². The van der Waals surface area contributed by atoms with Gasteiger partial charge in [0.2, 0.25) is 28.3 Å². The first-order valence-corrected chi connectivity index (χ1v) is 19.3. The van der Waals surface area contributed by atoms with Crippen molar-refractivity contribution < 1.29 is 51.2 Å². The average molecular weight is 669 g/mol. The van der Waals surface area contributed by atoms with Gasteiger partial charge in [0.15, 0.2) is 5.34 Å². The smallest absolute Gasteiger partial charge is 0.367 e. The van der Waals surface area contributed by atoms with Crippen molar-refractivity contribution in [3.05, 3.63) is 30.3 Å². The van der Waals surface area contributed by atoms with Crippen molar-refractivity contribution in [2.24, 2.45) is 10.8 Å². The highest BCUT2D eigenvalue weighted by molar-refractivity contribution is 7.68. The topological polar surface area (TPSA) is 152 Å². The lowest BCUT2D eigenvalue weighted by atomic mass is 9.83. The molecular formula is C29H51O11P3. The summed E-state index contributed by atoms with van der Waals surface area (Å²) in [5.41, 5.74) is -2.60. The largest absolute Gasteiger partial charge is 0.438 e. The molecule has 1 N–H and O–H groups in total. The molecule has 0 aliphatic heterocycles. The maximum Gasteiger partial charge on any atom is 0.367 e. The molecule has 248 valence electrons. The first-order chi connectivity index (χ1) is 19.3. The summed E-state index contributed by atoms with van der Waals surface area (Å²) >= 11 is 0. The minimum absolute atomic E-state index is 0.0284. The SMILES string of the molecule is CCP(=O)(O)C(C)(C)CC(C)(C)C(=O)OCOP(=O)(OCOC(=O)C(C)(C)C)C(C)(C)OP(=O)(c1ccccc1)C(C)C. The van der Waals surface area contributed by atoms with Crippen LogP contribution < -0.4 is 5.30 Å². The van der Waals surface area contributed by atoms with Crippen LogP contribution in [0, 0.1) is 10.8 Å². The van der Waals surface area contributed by atoms with E-state index in [1.165, 1.54) is 13.8 Å². The summed E-state index contributed by atoms with van der Waals surface area (Å²) in [4.78, 5) is 35.8. The summed E-state index contributed by atoms with van der Waals surface area (Å²) in [6.45, 7) is 17.4. The molecule has 0 heterocycles. The lowest BCUT2D eigenvalue weighted by Crippen LogP contribution is -2.36. The van der Waals surface area contributed by atoms with Crippen molar-refractivity contribution in [3.8, 4) is 0 Å². The normalized spacial score (nSPS) is 17.4. The quantitative estimate of drug-likeness (QED) is 0.106. The number of ether oxygens (including phenoxy) is 2. The Labute approximate surface area is 257 Å². The molecule has 0 radical (unpaired) electrons. The molecule has 1 aromatic carbocycles. The molecule has 1 rings (SSSR count). The third-order valence-electron chi connectivity index (χ3n) is 7.05. The van der Waals surface area contributed by atoms with E-state index in [0.717, 1.165) is 0 Å². The molecular weight excluding hydrogens is 617 g/mol. The van der Waals surface area contributed by atoms with Gasteiger partial charge in [0.05, 0.1) is 10.8 Å². The van der Waals surface area contributed by atoms with Gasteiger partial charge in [-0.25, -0.2) is 0 Å². The highest BCUT2D eigenvalue weighted by Gasteiger charge is 2.51. The van der Waals surface area contributed by atoms with Crippen LogP contribution in [0.3, 0.4) is 0 Å². The van der Waals surface area contributed by atoms with E-state index in [4.69, 9.17) is 23.0 Å². The summed E-state index contributed by atoms with van der Waals surface area (Å²) in [6.07, 6.45) is 0.0768. The number of hydrogen-bond donors (Lipinski definition) is 1. The third kappa shape index (κ3) is 10.1. The van der Waals surface area contributed by atoms with Crippen molar-refractivity contribution in [2.45, 2.75) is 106 Å². The Kier molecular flexibility index (Phi) is 13.3. The number of esters is 2. The maximum absolute atomic E-state index is 14.3. The number of benzene rings is 1. The van der Waals surface area contributed by atoms with Gasteiger partial charge < -0.3 is 18.9 Å². The Morgan fingerprint density at radius 1 is 0.814 bits per heavy atom. The Balaban J connectivity index is 3.28. The molecule has 14 heteroatoms. The summed E-state index contributed by atoms with van der Waals surface area (Å²) in [5.74, 6) is -1.39. The van der Waals surface area contributed by atoms with Crippen LogP contribution in [0.5, 0.6) is 0 Å². The van der Waals surface area contributed by atoms with Crippen LogP contribution in [-0.2, 0) is 46.3 Å². The van der Waals surface area contributed by atoms with Crippen LogP contribution in [0.15, 0.2) is 30.3 Å². The highest BCUT2D eigenvalue weighted by atomic mass is 31.2. The van der Waals surface area contributed by atoms with Gasteiger partial charge in [-0.15, -0.1) is 0 Å². The van der Waals surface area contributed by atoms with E-state index in [1.54, 1.807) is 99.6 Å². The average Bonchev–Trinajstić information content (AvgIpc) is 2.87. The number of hydrogen-bond acceptors (Lipinski definition) is 10. The predicted octanol–water partition coefficient (Wildman–Crippen LogP) is 7.51. The van der Waals surface area contributed by atoms with Crippen LogP contribution in [0.1, 0.15) is 89.5 Å². The zero-order chi connectivity index (χ0) is 33.7. The van der Waals surface area contributed by atoms with E-state index < -0.39 is 74.8 Å². The fourth-order valence-electron chi connectivity index (χ4n) is 4.24. The molecule has 3 atom stereocenters. The third-order valence-corrected chi connectivity index (χ3v) is 15.5. The van der Waals surface area contributed by atoms with E-state index in [9.17, 15) is 28.2 Å². The molecule has 0 aliphatic rings. The van der Waals surface area contributed by atoms with Gasteiger partial charge in [-0.2, -0.15) is 0 Å². The predicted molar refractivity (Wildman–Crippen MR) is 168 cm³/mol. The molecule has 0 fully saturated rings. The van der Waals surface area contributed by atoms with Gasteiger partial charge in [0.25, 0.3) is 0 Å². The van der Waals surface area contributed by atoms with Crippen molar-refractivity contribution in [3.63, 3.8) is 0 Å². The van der Waals surface area contributed by atoms with Crippen molar-refractivity contribution in [2.75, 3.05) is 19.7 Å². The second-order valence-electron chi connectivity index (χ2n) is 13.6. The Morgan fingerprint density at radius 2 is 1.28 bits per heavy atom. The summed E-state index contributed by atoms with van der Waals surface area (Å²) in [7, 11) is -11.7. The Morgan fingerprint density at radius 3 is 1.70 bits per heavy atom. The molecule has 43 heavy (non-hydrogen) atoms. The zero-order valence-corrected chi connectivity index (χ0v) is 30.3. The van der Waals surface area contributed by atoms with E-state index >= 15 is 0 Å². The fraction of sp³-hybridized carbons (Fsp3) is 0.724. The minimum Gasteiger partial charge on any atom is -0.438 e. The Bertz CT molecular complexity index is 1250. The van der Waals surface area contributed by atoms with Crippen LogP contribution in [-0.4, -0.2) is 52.7 Å². The number of rotatable bonds is 16. The molecule has 0 aliphatic carbocycles. The number of carbonyl (C=O) groups excluding carboxylic acids is 2. The number of carbonyl (C=O) groups is 2. The first kappa shape index (κ1) is 39.7. The molecule has 3 unspecified atom stereocenters. The van der Waals surface area contributed by atoms with Crippen molar-refractivity contribution >= 4 is 39.6 Å². The minimum atomic E-state index is -4.50. The summed E-state index contributed by atoms with van der Waals surface area (Å²) in [6, 6.07) is 8.46. The van der Waals surface area contributed by atoms with Crippen LogP contribution in [0.4, 0.5) is 0 Å². The molecule has 11 nitrogen and oxygen atoms in total. The second kappa shape index (κ2) is 14.4. The van der Waals surface area contributed by atoms with Gasteiger partial charge in [-0.3, -0.25) is 32.3 Å². The van der Waals surface area contributed by atoms with Crippen LogP contribution in [0.25, 0.3) is 0 Å². The molecule has 0 spiro atoms. The van der Waals surface area contributed by atoms with Crippen molar-refractivity contribution in [1.29, 1.82) is 0 Å². The maximum atomic E-state index is 14.3. The molecule has 0 aromatic heterocycles. The molecule has 0 saturated carbocycles. The van der Waals surface area contributed by atoms with E-state index in [1.807, 2.05) is 0 Å². The van der Waals surface area contributed by atoms with Gasteiger partial charge in [0.1, 0.15) is 0 Å². The lowest BCUT2D eigenvalue weighted by Gasteiger charge is -2.37. The van der Waals surface area contributed by atoms with E-state index in [-0.39, 0.29) is 12.6 Å². The molecule has 1 aromatic rings. The van der Waals surface area contributed by atoms with Gasteiger partial charge in [-0.1, -0.05) is 52.8 Å².